The summed E-state index contributed by atoms with van der Waals surface area (Å²) >= 11 is 11.7. The molecule has 1 saturated heterocycles. The van der Waals surface area contributed by atoms with Crippen LogP contribution in [0.4, 0.5) is 4.39 Å². The van der Waals surface area contributed by atoms with Crippen molar-refractivity contribution in [2.45, 2.75) is 12.8 Å². The van der Waals surface area contributed by atoms with Crippen LogP contribution in [0.3, 0.4) is 0 Å². The Bertz CT molecular complexity index is 421. The van der Waals surface area contributed by atoms with Gasteiger partial charge in [0.2, 0.25) is 0 Å². The molecule has 0 saturated carbocycles. The zero-order valence-electron chi connectivity index (χ0n) is 8.69. The highest BCUT2D eigenvalue weighted by Gasteiger charge is 2.13. The Kier molecular flexibility index (Phi) is 3.85. The molecule has 1 aliphatic heterocycles. The number of benzene rings is 1. The average Bonchev–Trinajstić information content (AvgIpc) is 2.33. The third-order valence-electron chi connectivity index (χ3n) is 2.69. The van der Waals surface area contributed by atoms with Crippen molar-refractivity contribution in [3.05, 3.63) is 39.4 Å². The third kappa shape index (κ3) is 2.57. The van der Waals surface area contributed by atoms with E-state index in [2.05, 4.69) is 5.32 Å². The second kappa shape index (κ2) is 5.17. The standard InChI is InChI=1S/C12H12Cl2FN/c13-10-2-1-9(7-11(10)14)12(15)8-3-5-16-6-4-8/h1-2,7,16H,3-6H2. The summed E-state index contributed by atoms with van der Waals surface area (Å²) in [6.45, 7) is 1.67. The SMILES string of the molecule is FC(=C1CCNCC1)c1ccc(Cl)c(Cl)c1. The molecule has 0 amide bonds. The van der Waals surface area contributed by atoms with Crippen LogP contribution in [0.5, 0.6) is 0 Å². The topological polar surface area (TPSA) is 12.0 Å². The van der Waals surface area contributed by atoms with E-state index in [0.717, 1.165) is 31.5 Å². The molecule has 0 radical (unpaired) electrons. The van der Waals surface area contributed by atoms with E-state index in [-0.39, 0.29) is 5.83 Å². The molecule has 1 aliphatic rings. The quantitative estimate of drug-likeness (QED) is 0.802. The van der Waals surface area contributed by atoms with Crippen LogP contribution in [0.2, 0.25) is 10.0 Å². The molecule has 0 bridgehead atoms. The highest BCUT2D eigenvalue weighted by Crippen LogP contribution is 2.30. The molecule has 1 nitrogen and oxygen atoms in total. The van der Waals surface area contributed by atoms with Crippen molar-refractivity contribution in [1.29, 1.82) is 0 Å². The first kappa shape index (κ1) is 11.9. The van der Waals surface area contributed by atoms with Crippen molar-refractivity contribution in [1.82, 2.24) is 5.32 Å². The highest BCUT2D eigenvalue weighted by molar-refractivity contribution is 6.42. The van der Waals surface area contributed by atoms with E-state index in [9.17, 15) is 4.39 Å². The summed E-state index contributed by atoms with van der Waals surface area (Å²) in [6, 6.07) is 4.87. The summed E-state index contributed by atoms with van der Waals surface area (Å²) in [4.78, 5) is 0. The Balaban J connectivity index is 2.32. The largest absolute Gasteiger partial charge is 0.316 e. The summed E-state index contributed by atoms with van der Waals surface area (Å²) in [7, 11) is 0. The fourth-order valence-electron chi connectivity index (χ4n) is 1.78. The van der Waals surface area contributed by atoms with E-state index >= 15 is 0 Å². The zero-order chi connectivity index (χ0) is 11.5. The van der Waals surface area contributed by atoms with E-state index in [4.69, 9.17) is 23.2 Å². The van der Waals surface area contributed by atoms with Crippen LogP contribution in [0.1, 0.15) is 18.4 Å². The van der Waals surface area contributed by atoms with Gasteiger partial charge >= 0.3 is 0 Å². The number of hydrogen-bond acceptors (Lipinski definition) is 1. The highest BCUT2D eigenvalue weighted by atomic mass is 35.5. The molecule has 1 aromatic rings. The maximum atomic E-state index is 14.1. The summed E-state index contributed by atoms with van der Waals surface area (Å²) < 4.78 is 14.1. The van der Waals surface area contributed by atoms with Crippen molar-refractivity contribution < 1.29 is 4.39 Å². The van der Waals surface area contributed by atoms with E-state index in [1.54, 1.807) is 18.2 Å². The Morgan fingerprint density at radius 3 is 2.44 bits per heavy atom. The van der Waals surface area contributed by atoms with Crippen LogP contribution < -0.4 is 5.32 Å². The predicted molar refractivity (Wildman–Crippen MR) is 66.6 cm³/mol. The van der Waals surface area contributed by atoms with E-state index in [1.165, 1.54) is 0 Å². The van der Waals surface area contributed by atoms with Gasteiger partial charge in [0.15, 0.2) is 0 Å². The molecule has 2 rings (SSSR count). The Hall–Kier alpha value is -0.570. The van der Waals surface area contributed by atoms with Gasteiger partial charge in [-0.1, -0.05) is 29.3 Å². The Labute approximate surface area is 104 Å². The summed E-state index contributed by atoms with van der Waals surface area (Å²) in [5.41, 5.74) is 1.38. The van der Waals surface area contributed by atoms with Gasteiger partial charge in [-0.05, 0) is 43.6 Å². The monoisotopic (exact) mass is 259 g/mol. The second-order valence-electron chi connectivity index (χ2n) is 3.80. The molecule has 1 aromatic carbocycles. The molecule has 16 heavy (non-hydrogen) atoms. The molecule has 0 spiro atoms. The maximum absolute atomic E-state index is 14.1. The second-order valence-corrected chi connectivity index (χ2v) is 4.61. The Morgan fingerprint density at radius 2 is 1.81 bits per heavy atom. The maximum Gasteiger partial charge on any atom is 0.129 e. The van der Waals surface area contributed by atoms with Gasteiger partial charge in [0.05, 0.1) is 10.0 Å². The molecule has 1 N–H and O–H groups in total. The van der Waals surface area contributed by atoms with Crippen molar-refractivity contribution in [2.75, 3.05) is 13.1 Å². The van der Waals surface area contributed by atoms with Crippen LogP contribution in [-0.2, 0) is 0 Å². The first-order valence-corrected chi connectivity index (χ1v) is 5.98. The van der Waals surface area contributed by atoms with E-state index in [0.29, 0.717) is 15.6 Å². The molecule has 86 valence electrons. The van der Waals surface area contributed by atoms with Crippen LogP contribution in [0.15, 0.2) is 23.8 Å². The summed E-state index contributed by atoms with van der Waals surface area (Å²) in [5.74, 6) is -0.153. The summed E-state index contributed by atoms with van der Waals surface area (Å²) in [5, 5.41) is 4.04. The number of rotatable bonds is 1. The lowest BCUT2D eigenvalue weighted by Gasteiger charge is -2.16. The molecule has 1 heterocycles. The van der Waals surface area contributed by atoms with E-state index < -0.39 is 0 Å². The van der Waals surface area contributed by atoms with Crippen LogP contribution >= 0.6 is 23.2 Å². The fraction of sp³-hybridized carbons (Fsp3) is 0.333. The van der Waals surface area contributed by atoms with Gasteiger partial charge < -0.3 is 5.32 Å². The summed E-state index contributed by atoms with van der Waals surface area (Å²) in [6.07, 6.45) is 1.51. The van der Waals surface area contributed by atoms with Crippen molar-refractivity contribution in [3.8, 4) is 0 Å². The van der Waals surface area contributed by atoms with Crippen LogP contribution in [0, 0.1) is 0 Å². The Morgan fingerprint density at radius 1 is 1.12 bits per heavy atom. The number of piperidine rings is 1. The number of nitrogens with one attached hydrogen (secondary N) is 1. The molecule has 0 aromatic heterocycles. The van der Waals surface area contributed by atoms with Crippen molar-refractivity contribution in [3.63, 3.8) is 0 Å². The van der Waals surface area contributed by atoms with Gasteiger partial charge in [-0.2, -0.15) is 0 Å². The average molecular weight is 260 g/mol. The number of halogens is 3. The van der Waals surface area contributed by atoms with Crippen LogP contribution in [0.25, 0.3) is 5.83 Å². The first-order chi connectivity index (χ1) is 7.68. The molecular weight excluding hydrogens is 248 g/mol. The third-order valence-corrected chi connectivity index (χ3v) is 3.43. The normalized spacial score (nSPS) is 16.3. The van der Waals surface area contributed by atoms with Crippen LogP contribution in [-0.4, -0.2) is 13.1 Å². The molecule has 0 unspecified atom stereocenters. The lowest BCUT2D eigenvalue weighted by Crippen LogP contribution is -2.23. The van der Waals surface area contributed by atoms with Gasteiger partial charge in [-0.3, -0.25) is 0 Å². The van der Waals surface area contributed by atoms with Gasteiger partial charge in [0.1, 0.15) is 5.83 Å². The number of hydrogen-bond donors (Lipinski definition) is 1. The predicted octanol–water partition coefficient (Wildman–Crippen LogP) is 4.06. The lowest BCUT2D eigenvalue weighted by molar-refractivity contribution is 0.596. The minimum Gasteiger partial charge on any atom is -0.316 e. The van der Waals surface area contributed by atoms with Crippen molar-refractivity contribution >= 4 is 29.0 Å². The minimum atomic E-state index is -0.153. The van der Waals surface area contributed by atoms with Gasteiger partial charge in [0, 0.05) is 5.56 Å². The molecule has 1 fully saturated rings. The molecule has 0 atom stereocenters. The molecule has 4 heteroatoms. The lowest BCUT2D eigenvalue weighted by atomic mass is 10.0. The van der Waals surface area contributed by atoms with E-state index in [1.807, 2.05) is 0 Å². The van der Waals surface area contributed by atoms with Crippen molar-refractivity contribution in [2.24, 2.45) is 0 Å². The zero-order valence-corrected chi connectivity index (χ0v) is 10.2. The fourth-order valence-corrected chi connectivity index (χ4v) is 2.08. The first-order valence-electron chi connectivity index (χ1n) is 5.22. The molecular formula is C12H12Cl2FN. The minimum absolute atomic E-state index is 0.153. The van der Waals surface area contributed by atoms with Gasteiger partial charge in [-0.25, -0.2) is 4.39 Å². The smallest absolute Gasteiger partial charge is 0.129 e. The molecule has 0 aliphatic carbocycles. The van der Waals surface area contributed by atoms with Gasteiger partial charge in [-0.15, -0.1) is 0 Å². The van der Waals surface area contributed by atoms with Gasteiger partial charge in [0.25, 0.3) is 0 Å².